The van der Waals surface area contributed by atoms with Gasteiger partial charge in [0.2, 0.25) is 5.91 Å². The monoisotopic (exact) mass is 431 g/mol. The lowest BCUT2D eigenvalue weighted by atomic mass is 9.96. The number of aliphatic hydroxyl groups excluding tert-OH is 1. The first-order valence-corrected chi connectivity index (χ1v) is 9.71. The maximum Gasteiger partial charge on any atom is 0.300 e. The Hall–Kier alpha value is -4.33. The quantitative estimate of drug-likeness (QED) is 0.372. The van der Waals surface area contributed by atoms with E-state index in [-0.39, 0.29) is 17.0 Å². The van der Waals surface area contributed by atoms with E-state index in [1.54, 1.807) is 36.4 Å². The van der Waals surface area contributed by atoms with Crippen LogP contribution in [0, 0.1) is 5.82 Å². The number of nitrogens with zero attached hydrogens (tertiary/aromatic N) is 2. The SMILES string of the molecule is CC(=O)Nc1cccc(N2C(=O)C(=O)/C(=C(/O)c3ccc(F)cc3)C2c2ccncc2)c1. The van der Waals surface area contributed by atoms with Crippen molar-refractivity contribution in [2.45, 2.75) is 13.0 Å². The number of halogens is 1. The van der Waals surface area contributed by atoms with E-state index in [2.05, 4.69) is 10.3 Å². The van der Waals surface area contributed by atoms with Gasteiger partial charge in [0.15, 0.2) is 0 Å². The molecule has 2 heterocycles. The summed E-state index contributed by atoms with van der Waals surface area (Å²) in [6, 6.07) is 13.8. The second kappa shape index (κ2) is 8.43. The van der Waals surface area contributed by atoms with Crippen molar-refractivity contribution in [2.24, 2.45) is 0 Å². The lowest BCUT2D eigenvalue weighted by Crippen LogP contribution is -2.29. The van der Waals surface area contributed by atoms with E-state index in [4.69, 9.17) is 0 Å². The standard InChI is InChI=1S/C24H18FN3O4/c1-14(29)27-18-3-2-4-19(13-18)28-21(15-9-11-26-12-10-15)20(23(31)24(28)32)22(30)16-5-7-17(25)8-6-16/h2-13,21,30H,1H3,(H,27,29)/b22-20+. The first-order valence-electron chi connectivity index (χ1n) is 9.71. The van der Waals surface area contributed by atoms with Gasteiger partial charge in [-0.05, 0) is 60.2 Å². The van der Waals surface area contributed by atoms with Gasteiger partial charge in [0.25, 0.3) is 11.7 Å². The molecule has 8 heteroatoms. The Morgan fingerprint density at radius 1 is 1.06 bits per heavy atom. The minimum absolute atomic E-state index is 0.127. The number of anilines is 2. The van der Waals surface area contributed by atoms with Crippen LogP contribution in [0.1, 0.15) is 24.1 Å². The lowest BCUT2D eigenvalue weighted by Gasteiger charge is -2.25. The number of nitrogens with one attached hydrogen (secondary N) is 1. The van der Waals surface area contributed by atoms with E-state index in [0.29, 0.717) is 16.9 Å². The molecular formula is C24H18FN3O4. The van der Waals surface area contributed by atoms with Crippen LogP contribution in [0.25, 0.3) is 5.76 Å². The molecule has 2 aromatic carbocycles. The highest BCUT2D eigenvalue weighted by Crippen LogP contribution is 2.42. The molecule has 1 aliphatic rings. The van der Waals surface area contributed by atoms with Crippen LogP contribution in [-0.2, 0) is 14.4 Å². The Balaban J connectivity index is 1.90. The summed E-state index contributed by atoms with van der Waals surface area (Å²) in [5, 5.41) is 13.6. The third kappa shape index (κ3) is 3.85. The van der Waals surface area contributed by atoms with Gasteiger partial charge in [-0.15, -0.1) is 0 Å². The fraction of sp³-hybridized carbons (Fsp3) is 0.0833. The van der Waals surface area contributed by atoms with E-state index < -0.39 is 29.3 Å². The number of hydrogen-bond acceptors (Lipinski definition) is 5. The van der Waals surface area contributed by atoms with Crippen LogP contribution in [0.2, 0.25) is 0 Å². The molecule has 1 aliphatic heterocycles. The Morgan fingerprint density at radius 3 is 2.41 bits per heavy atom. The third-order valence-corrected chi connectivity index (χ3v) is 5.03. The fourth-order valence-electron chi connectivity index (χ4n) is 3.66. The van der Waals surface area contributed by atoms with Crippen molar-refractivity contribution < 1.29 is 23.9 Å². The lowest BCUT2D eigenvalue weighted by molar-refractivity contribution is -0.132. The molecule has 1 unspecified atom stereocenters. The second-order valence-electron chi connectivity index (χ2n) is 7.19. The summed E-state index contributed by atoms with van der Waals surface area (Å²) in [7, 11) is 0. The number of hydrogen-bond donors (Lipinski definition) is 2. The molecule has 1 fully saturated rings. The van der Waals surface area contributed by atoms with E-state index in [9.17, 15) is 23.9 Å². The van der Waals surface area contributed by atoms with E-state index in [1.807, 2.05) is 0 Å². The predicted octanol–water partition coefficient (Wildman–Crippen LogP) is 3.81. The summed E-state index contributed by atoms with van der Waals surface area (Å²) in [6.45, 7) is 1.36. The normalized spacial score (nSPS) is 17.4. The van der Waals surface area contributed by atoms with Crippen LogP contribution < -0.4 is 10.2 Å². The number of Topliss-reactive ketones (excluding diaryl/α,β-unsaturated/α-hetero) is 1. The van der Waals surface area contributed by atoms with Crippen LogP contribution in [0.5, 0.6) is 0 Å². The molecule has 2 N–H and O–H groups in total. The van der Waals surface area contributed by atoms with Gasteiger partial charge in [-0.2, -0.15) is 0 Å². The van der Waals surface area contributed by atoms with Crippen molar-refractivity contribution in [3.05, 3.63) is 95.6 Å². The van der Waals surface area contributed by atoms with Crippen molar-refractivity contribution in [3.8, 4) is 0 Å². The summed E-state index contributed by atoms with van der Waals surface area (Å²) in [5.41, 5.74) is 1.43. The highest BCUT2D eigenvalue weighted by atomic mass is 19.1. The third-order valence-electron chi connectivity index (χ3n) is 5.03. The zero-order chi connectivity index (χ0) is 22.8. The minimum Gasteiger partial charge on any atom is -0.507 e. The Morgan fingerprint density at radius 2 is 1.75 bits per heavy atom. The van der Waals surface area contributed by atoms with Crippen LogP contribution in [0.3, 0.4) is 0 Å². The average Bonchev–Trinajstić information content (AvgIpc) is 3.05. The number of rotatable bonds is 4. The summed E-state index contributed by atoms with van der Waals surface area (Å²) >= 11 is 0. The number of ketones is 1. The average molecular weight is 431 g/mol. The predicted molar refractivity (Wildman–Crippen MR) is 116 cm³/mol. The molecule has 0 radical (unpaired) electrons. The number of aliphatic hydroxyl groups is 1. The molecule has 32 heavy (non-hydrogen) atoms. The Labute approximate surface area is 182 Å². The molecule has 1 saturated heterocycles. The Bertz CT molecular complexity index is 1240. The number of amides is 2. The van der Waals surface area contributed by atoms with Gasteiger partial charge >= 0.3 is 0 Å². The Kier molecular flexibility index (Phi) is 5.51. The first-order chi connectivity index (χ1) is 15.4. The summed E-state index contributed by atoms with van der Waals surface area (Å²) in [5.74, 6) is -2.91. The molecule has 1 aromatic heterocycles. The van der Waals surface area contributed by atoms with Crippen LogP contribution in [0.15, 0.2) is 78.6 Å². The maximum atomic E-state index is 13.4. The molecule has 0 bridgehead atoms. The number of benzene rings is 2. The maximum absolute atomic E-state index is 13.4. The van der Waals surface area contributed by atoms with Gasteiger partial charge in [0, 0.05) is 36.3 Å². The van der Waals surface area contributed by atoms with Gasteiger partial charge in [-0.3, -0.25) is 24.3 Å². The van der Waals surface area contributed by atoms with Crippen LogP contribution >= 0.6 is 0 Å². The van der Waals surface area contributed by atoms with Crippen LogP contribution in [-0.4, -0.2) is 27.7 Å². The van der Waals surface area contributed by atoms with E-state index >= 15 is 0 Å². The van der Waals surface area contributed by atoms with Gasteiger partial charge in [-0.1, -0.05) is 6.07 Å². The second-order valence-corrected chi connectivity index (χ2v) is 7.19. The summed E-state index contributed by atoms with van der Waals surface area (Å²) < 4.78 is 13.4. The topological polar surface area (TPSA) is 99.6 Å². The fourth-order valence-corrected chi connectivity index (χ4v) is 3.66. The number of aromatic nitrogens is 1. The van der Waals surface area contributed by atoms with Crippen molar-refractivity contribution in [2.75, 3.05) is 10.2 Å². The molecule has 3 aromatic rings. The molecule has 7 nitrogen and oxygen atoms in total. The number of carbonyl (C=O) groups is 3. The van der Waals surface area contributed by atoms with Crippen molar-refractivity contribution in [1.29, 1.82) is 0 Å². The molecule has 1 atom stereocenters. The molecule has 2 amide bonds. The number of pyridine rings is 1. The molecule has 160 valence electrons. The van der Waals surface area contributed by atoms with Crippen molar-refractivity contribution in [1.82, 2.24) is 4.98 Å². The molecular weight excluding hydrogens is 413 g/mol. The van der Waals surface area contributed by atoms with Crippen LogP contribution in [0.4, 0.5) is 15.8 Å². The molecule has 0 aliphatic carbocycles. The van der Waals surface area contributed by atoms with Gasteiger partial charge in [0.1, 0.15) is 11.6 Å². The summed E-state index contributed by atoms with van der Waals surface area (Å²) in [4.78, 5) is 42.8. The van der Waals surface area contributed by atoms with Gasteiger partial charge in [-0.25, -0.2) is 4.39 Å². The van der Waals surface area contributed by atoms with E-state index in [1.165, 1.54) is 36.4 Å². The van der Waals surface area contributed by atoms with Crippen molar-refractivity contribution >= 4 is 34.7 Å². The molecule has 0 saturated carbocycles. The summed E-state index contributed by atoms with van der Waals surface area (Å²) in [6.07, 6.45) is 3.03. The minimum atomic E-state index is -0.948. The molecule has 4 rings (SSSR count). The highest BCUT2D eigenvalue weighted by Gasteiger charge is 2.47. The van der Waals surface area contributed by atoms with Gasteiger partial charge < -0.3 is 10.4 Å². The highest BCUT2D eigenvalue weighted by molar-refractivity contribution is 6.51. The zero-order valence-electron chi connectivity index (χ0n) is 16.9. The number of carbonyl (C=O) groups excluding carboxylic acids is 3. The largest absolute Gasteiger partial charge is 0.507 e. The van der Waals surface area contributed by atoms with Crippen molar-refractivity contribution in [3.63, 3.8) is 0 Å². The van der Waals surface area contributed by atoms with Gasteiger partial charge in [0.05, 0.1) is 11.6 Å². The first kappa shape index (κ1) is 20.9. The smallest absolute Gasteiger partial charge is 0.300 e. The molecule has 0 spiro atoms. The van der Waals surface area contributed by atoms with E-state index in [0.717, 1.165) is 12.1 Å². The zero-order valence-corrected chi connectivity index (χ0v) is 16.9.